The van der Waals surface area contributed by atoms with Crippen molar-refractivity contribution in [3.05, 3.63) is 59.1 Å². The lowest BCUT2D eigenvalue weighted by molar-refractivity contribution is 0.296. The molecule has 0 spiro atoms. The molecule has 3 N–H and O–H groups in total. The number of nitrogens with two attached hydrogens (primary N) is 1. The van der Waals surface area contributed by atoms with Gasteiger partial charge in [-0.05, 0) is 48.5 Å². The molecule has 1 aliphatic rings. The van der Waals surface area contributed by atoms with E-state index in [1.54, 1.807) is 24.3 Å². The van der Waals surface area contributed by atoms with Crippen molar-refractivity contribution in [2.45, 2.75) is 4.90 Å². The van der Waals surface area contributed by atoms with Gasteiger partial charge in [-0.15, -0.1) is 0 Å². The smallest absolute Gasteiger partial charge is 0.238 e. The van der Waals surface area contributed by atoms with Crippen LogP contribution in [0, 0.1) is 0 Å². The maximum absolute atomic E-state index is 11.3. The van der Waals surface area contributed by atoms with Crippen LogP contribution in [0.4, 0.5) is 5.69 Å². The minimum atomic E-state index is -3.69. The molecule has 1 aliphatic heterocycles. The highest BCUT2D eigenvalue weighted by atomic mass is 35.5. The Morgan fingerprint density at radius 3 is 2.08 bits per heavy atom. The summed E-state index contributed by atoms with van der Waals surface area (Å²) in [5.41, 5.74) is 1.72. The van der Waals surface area contributed by atoms with Crippen molar-refractivity contribution in [3.63, 3.8) is 0 Å². The molecule has 1 saturated heterocycles. The van der Waals surface area contributed by atoms with Crippen LogP contribution in [-0.2, 0) is 10.0 Å². The van der Waals surface area contributed by atoms with E-state index in [0.717, 1.165) is 11.3 Å². The molecular formula is C17H19ClN4O3S. The van der Waals surface area contributed by atoms with Gasteiger partial charge >= 0.3 is 0 Å². The van der Waals surface area contributed by atoms with E-state index in [1.807, 2.05) is 17.0 Å². The largest absolute Gasteiger partial charge is 0.409 e. The molecule has 138 valence electrons. The van der Waals surface area contributed by atoms with Gasteiger partial charge in [-0.2, -0.15) is 0 Å². The number of sulfonamides is 1. The fourth-order valence-corrected chi connectivity index (χ4v) is 3.57. The molecule has 0 radical (unpaired) electrons. The Kier molecular flexibility index (Phi) is 5.36. The molecular weight excluding hydrogens is 376 g/mol. The molecule has 0 saturated carbocycles. The highest BCUT2D eigenvalue weighted by molar-refractivity contribution is 7.89. The van der Waals surface area contributed by atoms with Crippen LogP contribution in [-0.4, -0.2) is 50.5 Å². The van der Waals surface area contributed by atoms with Crippen LogP contribution in [0.2, 0.25) is 5.02 Å². The second-order valence-corrected chi connectivity index (χ2v) is 7.94. The first kappa shape index (κ1) is 18.5. The molecule has 9 heteroatoms. The molecule has 0 amide bonds. The first-order chi connectivity index (χ1) is 12.4. The molecule has 26 heavy (non-hydrogen) atoms. The van der Waals surface area contributed by atoms with Crippen molar-refractivity contribution >= 4 is 33.1 Å². The monoisotopic (exact) mass is 394 g/mol. The number of benzene rings is 2. The first-order valence-electron chi connectivity index (χ1n) is 7.99. The standard InChI is InChI=1S/C17H19ClN4O3S/c18-14-3-1-13(2-4-14)17(20-23)22-11-9-21(10-12-22)15-5-7-16(8-6-15)26(19,24)25/h1-8,23H,9-12H2,(H2,19,24,25). The van der Waals surface area contributed by atoms with Crippen molar-refractivity contribution in [3.8, 4) is 0 Å². The zero-order chi connectivity index (χ0) is 18.7. The van der Waals surface area contributed by atoms with Crippen molar-refractivity contribution in [2.75, 3.05) is 31.1 Å². The van der Waals surface area contributed by atoms with E-state index in [0.29, 0.717) is 37.0 Å². The summed E-state index contributed by atoms with van der Waals surface area (Å²) in [4.78, 5) is 4.23. The third-order valence-electron chi connectivity index (χ3n) is 4.31. The number of hydrogen-bond donors (Lipinski definition) is 2. The number of halogens is 1. The van der Waals surface area contributed by atoms with E-state index < -0.39 is 10.0 Å². The van der Waals surface area contributed by atoms with E-state index in [9.17, 15) is 13.6 Å². The van der Waals surface area contributed by atoms with E-state index in [1.165, 1.54) is 12.1 Å². The predicted molar refractivity (Wildman–Crippen MR) is 101 cm³/mol. The van der Waals surface area contributed by atoms with Gasteiger partial charge in [0.2, 0.25) is 10.0 Å². The predicted octanol–water partition coefficient (Wildman–Crippen LogP) is 1.95. The number of nitrogens with zero attached hydrogens (tertiary/aromatic N) is 3. The molecule has 0 aromatic heterocycles. The fourth-order valence-electron chi connectivity index (χ4n) is 2.93. The Balaban J connectivity index is 1.67. The highest BCUT2D eigenvalue weighted by Crippen LogP contribution is 2.20. The maximum atomic E-state index is 11.3. The highest BCUT2D eigenvalue weighted by Gasteiger charge is 2.22. The van der Waals surface area contributed by atoms with Gasteiger partial charge in [0.15, 0.2) is 5.84 Å². The second kappa shape index (κ2) is 7.53. The third kappa shape index (κ3) is 4.09. The Morgan fingerprint density at radius 2 is 1.58 bits per heavy atom. The Bertz CT molecular complexity index is 891. The van der Waals surface area contributed by atoms with Crippen LogP contribution in [0.5, 0.6) is 0 Å². The Morgan fingerprint density at radius 1 is 1.00 bits per heavy atom. The van der Waals surface area contributed by atoms with Crippen molar-refractivity contribution in [1.82, 2.24) is 4.90 Å². The van der Waals surface area contributed by atoms with Gasteiger partial charge in [-0.25, -0.2) is 13.6 Å². The van der Waals surface area contributed by atoms with Gasteiger partial charge < -0.3 is 15.0 Å². The summed E-state index contributed by atoms with van der Waals surface area (Å²) < 4.78 is 22.7. The number of primary sulfonamides is 1. The van der Waals surface area contributed by atoms with Crippen LogP contribution in [0.15, 0.2) is 58.6 Å². The average Bonchev–Trinajstić information content (AvgIpc) is 2.64. The van der Waals surface area contributed by atoms with Gasteiger partial charge in [-0.3, -0.25) is 0 Å². The molecule has 1 fully saturated rings. The normalized spacial score (nSPS) is 16.0. The third-order valence-corrected chi connectivity index (χ3v) is 5.49. The van der Waals surface area contributed by atoms with Gasteiger partial charge in [0.05, 0.1) is 4.90 Å². The van der Waals surface area contributed by atoms with Crippen LogP contribution in [0.1, 0.15) is 5.56 Å². The molecule has 1 heterocycles. The number of anilines is 1. The topological polar surface area (TPSA) is 99.2 Å². The minimum absolute atomic E-state index is 0.0947. The van der Waals surface area contributed by atoms with Gasteiger partial charge in [0.25, 0.3) is 0 Å². The lowest BCUT2D eigenvalue weighted by Crippen LogP contribution is -2.49. The lowest BCUT2D eigenvalue weighted by atomic mass is 10.1. The summed E-state index contributed by atoms with van der Waals surface area (Å²) in [6, 6.07) is 13.6. The quantitative estimate of drug-likeness (QED) is 0.359. The number of amidine groups is 1. The Hall–Kier alpha value is -2.29. The molecule has 0 atom stereocenters. The van der Waals surface area contributed by atoms with E-state index in [2.05, 4.69) is 10.1 Å². The van der Waals surface area contributed by atoms with Gasteiger partial charge in [0, 0.05) is 42.5 Å². The van der Waals surface area contributed by atoms with E-state index >= 15 is 0 Å². The van der Waals surface area contributed by atoms with Crippen LogP contribution < -0.4 is 10.0 Å². The summed E-state index contributed by atoms with van der Waals surface area (Å²) in [6.07, 6.45) is 0. The van der Waals surface area contributed by atoms with E-state index in [-0.39, 0.29) is 4.90 Å². The van der Waals surface area contributed by atoms with Crippen LogP contribution in [0.3, 0.4) is 0 Å². The second-order valence-electron chi connectivity index (χ2n) is 5.94. The van der Waals surface area contributed by atoms with Crippen molar-refractivity contribution < 1.29 is 13.6 Å². The molecule has 2 aromatic carbocycles. The minimum Gasteiger partial charge on any atom is -0.409 e. The van der Waals surface area contributed by atoms with Crippen molar-refractivity contribution in [1.29, 1.82) is 0 Å². The summed E-state index contributed by atoms with van der Waals surface area (Å²) in [5.74, 6) is 0.505. The van der Waals surface area contributed by atoms with Crippen LogP contribution in [0.25, 0.3) is 0 Å². The first-order valence-corrected chi connectivity index (χ1v) is 9.91. The maximum Gasteiger partial charge on any atom is 0.238 e. The fraction of sp³-hybridized carbons (Fsp3) is 0.235. The lowest BCUT2D eigenvalue weighted by Gasteiger charge is -2.37. The zero-order valence-electron chi connectivity index (χ0n) is 13.9. The summed E-state index contributed by atoms with van der Waals surface area (Å²) in [6.45, 7) is 2.75. The number of hydrogen-bond acceptors (Lipinski definition) is 5. The summed E-state index contributed by atoms with van der Waals surface area (Å²) in [5, 5.41) is 18.6. The molecule has 0 unspecified atom stereocenters. The van der Waals surface area contributed by atoms with Gasteiger partial charge in [-0.1, -0.05) is 16.8 Å². The average molecular weight is 395 g/mol. The van der Waals surface area contributed by atoms with Gasteiger partial charge in [0.1, 0.15) is 0 Å². The molecule has 2 aromatic rings. The number of piperazine rings is 1. The van der Waals surface area contributed by atoms with Crippen molar-refractivity contribution in [2.24, 2.45) is 10.3 Å². The SMILES string of the molecule is NS(=O)(=O)c1ccc(N2CCN(C(=NO)c3ccc(Cl)cc3)CC2)cc1. The van der Waals surface area contributed by atoms with Crippen LogP contribution >= 0.6 is 11.6 Å². The number of rotatable bonds is 3. The summed E-state index contributed by atoms with van der Waals surface area (Å²) >= 11 is 5.90. The molecule has 7 nitrogen and oxygen atoms in total. The molecule has 3 rings (SSSR count). The Labute approximate surface area is 157 Å². The zero-order valence-corrected chi connectivity index (χ0v) is 15.5. The summed E-state index contributed by atoms with van der Waals surface area (Å²) in [7, 11) is -3.69. The number of oxime groups is 1. The van der Waals surface area contributed by atoms with E-state index in [4.69, 9.17) is 16.7 Å². The molecule has 0 aliphatic carbocycles. The molecule has 0 bridgehead atoms.